The van der Waals surface area contributed by atoms with Crippen LogP contribution in [0.15, 0.2) is 0 Å². The van der Waals surface area contributed by atoms with Crippen LogP contribution in [0.5, 0.6) is 0 Å². The molecule has 0 aliphatic carbocycles. The third-order valence-electron chi connectivity index (χ3n) is 2.64. The molecule has 0 atom stereocenters. The van der Waals surface area contributed by atoms with E-state index in [9.17, 15) is 4.79 Å². The first-order chi connectivity index (χ1) is 7.48. The fraction of sp³-hybridized carbons (Fsp3) is 0.917. The highest BCUT2D eigenvalue weighted by Gasteiger charge is 2.18. The largest absolute Gasteiger partial charge is 0.477 e. The lowest BCUT2D eigenvalue weighted by molar-refractivity contribution is -0.883. The lowest BCUT2D eigenvalue weighted by Crippen LogP contribution is -2.45. The SMILES string of the molecule is CCCCCNCCC[N+](C)(C)CC(=O)O. The Kier molecular flexibility index (Phi) is 8.21. The minimum atomic E-state index is -0.721. The number of carboxylic acid groups (broad SMARTS) is 1. The number of carbonyl (C=O) groups is 1. The van der Waals surface area contributed by atoms with Crippen molar-refractivity contribution in [2.75, 3.05) is 40.3 Å². The van der Waals surface area contributed by atoms with Crippen LogP contribution < -0.4 is 5.32 Å². The molecule has 0 heterocycles. The molecule has 2 N–H and O–H groups in total. The zero-order chi connectivity index (χ0) is 12.4. The van der Waals surface area contributed by atoms with Crippen molar-refractivity contribution in [3.8, 4) is 0 Å². The van der Waals surface area contributed by atoms with Crippen LogP contribution >= 0.6 is 0 Å². The van der Waals surface area contributed by atoms with Gasteiger partial charge in [0.05, 0.1) is 20.6 Å². The summed E-state index contributed by atoms with van der Waals surface area (Å²) in [5.41, 5.74) is 0. The molecule has 0 unspecified atom stereocenters. The summed E-state index contributed by atoms with van der Waals surface area (Å²) in [4.78, 5) is 10.6. The summed E-state index contributed by atoms with van der Waals surface area (Å²) >= 11 is 0. The summed E-state index contributed by atoms with van der Waals surface area (Å²) in [5, 5.41) is 12.1. The van der Waals surface area contributed by atoms with Gasteiger partial charge in [0.15, 0.2) is 6.54 Å². The molecule has 0 spiro atoms. The van der Waals surface area contributed by atoms with E-state index in [2.05, 4.69) is 12.2 Å². The summed E-state index contributed by atoms with van der Waals surface area (Å²) in [6.45, 7) is 5.39. The maximum atomic E-state index is 10.6. The lowest BCUT2D eigenvalue weighted by atomic mass is 10.2. The molecule has 0 radical (unpaired) electrons. The van der Waals surface area contributed by atoms with E-state index in [0.717, 1.165) is 26.1 Å². The number of aliphatic carboxylic acids is 1. The van der Waals surface area contributed by atoms with Crippen LogP contribution in [0.25, 0.3) is 0 Å². The van der Waals surface area contributed by atoms with Gasteiger partial charge in [0.1, 0.15) is 0 Å². The predicted octanol–water partition coefficient (Wildman–Crippen LogP) is 1.32. The molecular formula is C12H27N2O2+. The highest BCUT2D eigenvalue weighted by atomic mass is 16.4. The van der Waals surface area contributed by atoms with Gasteiger partial charge in [-0.05, 0) is 13.0 Å². The third-order valence-corrected chi connectivity index (χ3v) is 2.64. The number of carboxylic acids is 1. The second kappa shape index (κ2) is 8.53. The van der Waals surface area contributed by atoms with Crippen molar-refractivity contribution in [1.29, 1.82) is 0 Å². The maximum Gasteiger partial charge on any atom is 0.359 e. The first-order valence-corrected chi connectivity index (χ1v) is 6.22. The van der Waals surface area contributed by atoms with E-state index in [1.807, 2.05) is 14.1 Å². The summed E-state index contributed by atoms with van der Waals surface area (Å²) in [6, 6.07) is 0. The Labute approximate surface area is 99.2 Å². The van der Waals surface area contributed by atoms with Crippen LogP contribution in [0.3, 0.4) is 0 Å². The second-order valence-electron chi connectivity index (χ2n) is 5.02. The van der Waals surface area contributed by atoms with Crippen LogP contribution in [0.1, 0.15) is 32.6 Å². The monoisotopic (exact) mass is 231 g/mol. The molecule has 0 rings (SSSR count). The van der Waals surface area contributed by atoms with Crippen LogP contribution in [0, 0.1) is 0 Å². The summed E-state index contributed by atoms with van der Waals surface area (Å²) < 4.78 is 0.561. The highest BCUT2D eigenvalue weighted by Crippen LogP contribution is 1.98. The van der Waals surface area contributed by atoms with Gasteiger partial charge in [-0.1, -0.05) is 19.8 Å². The Balaban J connectivity index is 3.39. The van der Waals surface area contributed by atoms with Crippen LogP contribution in [0.4, 0.5) is 0 Å². The van der Waals surface area contributed by atoms with Gasteiger partial charge in [0.25, 0.3) is 0 Å². The van der Waals surface area contributed by atoms with Crippen molar-refractivity contribution in [1.82, 2.24) is 5.32 Å². The van der Waals surface area contributed by atoms with Gasteiger partial charge < -0.3 is 14.9 Å². The number of hydrogen-bond acceptors (Lipinski definition) is 2. The number of hydrogen-bond donors (Lipinski definition) is 2. The van der Waals surface area contributed by atoms with Gasteiger partial charge in [-0.15, -0.1) is 0 Å². The van der Waals surface area contributed by atoms with Gasteiger partial charge in [0, 0.05) is 13.0 Å². The Morgan fingerprint density at radius 3 is 2.38 bits per heavy atom. The number of nitrogens with one attached hydrogen (secondary N) is 1. The fourth-order valence-electron chi connectivity index (χ4n) is 1.70. The van der Waals surface area contributed by atoms with E-state index in [0.29, 0.717) is 4.48 Å². The summed E-state index contributed by atoms with van der Waals surface area (Å²) in [6.07, 6.45) is 4.81. The molecule has 0 aromatic carbocycles. The molecule has 0 aliphatic heterocycles. The summed E-state index contributed by atoms with van der Waals surface area (Å²) in [7, 11) is 3.93. The Bertz CT molecular complexity index is 193. The molecular weight excluding hydrogens is 204 g/mol. The molecule has 0 aliphatic rings. The average molecular weight is 231 g/mol. The summed E-state index contributed by atoms with van der Waals surface area (Å²) in [5.74, 6) is -0.721. The van der Waals surface area contributed by atoms with Crippen molar-refractivity contribution >= 4 is 5.97 Å². The zero-order valence-electron chi connectivity index (χ0n) is 11.0. The Morgan fingerprint density at radius 2 is 1.81 bits per heavy atom. The number of quaternary nitrogens is 1. The lowest BCUT2D eigenvalue weighted by Gasteiger charge is -2.27. The molecule has 4 nitrogen and oxygen atoms in total. The van der Waals surface area contributed by atoms with E-state index < -0.39 is 5.97 Å². The third kappa shape index (κ3) is 9.93. The highest BCUT2D eigenvalue weighted by molar-refractivity contribution is 5.67. The Hall–Kier alpha value is -0.610. The molecule has 16 heavy (non-hydrogen) atoms. The van der Waals surface area contributed by atoms with Crippen molar-refractivity contribution in [3.05, 3.63) is 0 Å². The quantitative estimate of drug-likeness (QED) is 0.440. The molecule has 0 aromatic heterocycles. The average Bonchev–Trinajstić information content (AvgIpc) is 2.14. The van der Waals surface area contributed by atoms with Crippen molar-refractivity contribution in [2.24, 2.45) is 0 Å². The number of likely N-dealkylation sites (N-methyl/N-ethyl adjacent to an activating group) is 1. The number of rotatable bonds is 10. The maximum absolute atomic E-state index is 10.6. The van der Waals surface area contributed by atoms with Crippen LogP contribution in [-0.2, 0) is 4.79 Å². The topological polar surface area (TPSA) is 49.3 Å². The standard InChI is InChI=1S/C12H26N2O2/c1-4-5-6-8-13-9-7-10-14(2,3)11-12(15)16/h13H,4-11H2,1-3H3/p+1. The van der Waals surface area contributed by atoms with Gasteiger partial charge >= 0.3 is 5.97 Å². The van der Waals surface area contributed by atoms with Gasteiger partial charge in [-0.3, -0.25) is 0 Å². The van der Waals surface area contributed by atoms with E-state index in [4.69, 9.17) is 5.11 Å². The Morgan fingerprint density at radius 1 is 1.19 bits per heavy atom. The molecule has 0 saturated carbocycles. The fourth-order valence-corrected chi connectivity index (χ4v) is 1.70. The zero-order valence-corrected chi connectivity index (χ0v) is 11.0. The first-order valence-electron chi connectivity index (χ1n) is 6.22. The molecule has 0 amide bonds. The minimum absolute atomic E-state index is 0.204. The van der Waals surface area contributed by atoms with Crippen LogP contribution in [-0.4, -0.2) is 55.8 Å². The minimum Gasteiger partial charge on any atom is -0.477 e. The number of nitrogens with zero attached hydrogens (tertiary/aromatic N) is 1. The van der Waals surface area contributed by atoms with E-state index in [1.54, 1.807) is 0 Å². The first kappa shape index (κ1) is 15.4. The van der Waals surface area contributed by atoms with E-state index in [-0.39, 0.29) is 6.54 Å². The van der Waals surface area contributed by atoms with Gasteiger partial charge in [-0.2, -0.15) is 0 Å². The van der Waals surface area contributed by atoms with E-state index >= 15 is 0 Å². The van der Waals surface area contributed by atoms with Crippen molar-refractivity contribution < 1.29 is 14.4 Å². The molecule has 4 heteroatoms. The molecule has 0 saturated heterocycles. The molecule has 96 valence electrons. The van der Waals surface area contributed by atoms with Crippen molar-refractivity contribution in [2.45, 2.75) is 32.6 Å². The normalized spacial score (nSPS) is 11.7. The van der Waals surface area contributed by atoms with Gasteiger partial charge in [-0.25, -0.2) is 4.79 Å². The second-order valence-corrected chi connectivity index (χ2v) is 5.02. The van der Waals surface area contributed by atoms with Crippen LogP contribution in [0.2, 0.25) is 0 Å². The predicted molar refractivity (Wildman–Crippen MR) is 66.5 cm³/mol. The molecule has 0 aromatic rings. The molecule has 0 fully saturated rings. The van der Waals surface area contributed by atoms with Crippen molar-refractivity contribution in [3.63, 3.8) is 0 Å². The van der Waals surface area contributed by atoms with E-state index in [1.165, 1.54) is 19.3 Å². The number of unbranched alkanes of at least 4 members (excludes halogenated alkanes) is 2. The molecule has 0 bridgehead atoms. The van der Waals surface area contributed by atoms with Gasteiger partial charge in [0.2, 0.25) is 0 Å². The smallest absolute Gasteiger partial charge is 0.359 e.